The lowest BCUT2D eigenvalue weighted by Crippen LogP contribution is -2.45. The Morgan fingerprint density at radius 1 is 1.12 bits per heavy atom. The maximum Gasteiger partial charge on any atom is 0.226 e. The zero-order valence-electron chi connectivity index (χ0n) is 14.5. The molecular formula is C19H27N3O2. The molecule has 2 saturated heterocycles. The van der Waals surface area contributed by atoms with E-state index in [1.807, 2.05) is 17.3 Å². The van der Waals surface area contributed by atoms with Crippen molar-refractivity contribution >= 4 is 11.8 Å². The fourth-order valence-electron chi connectivity index (χ4n) is 3.98. The average molecular weight is 329 g/mol. The number of nitrogens with zero attached hydrogens (tertiary/aromatic N) is 3. The summed E-state index contributed by atoms with van der Waals surface area (Å²) in [5.74, 6) is 0.537. The SMILES string of the molecule is CC(=O)N1CCC(C(=O)N2CCC[C@@H]2CCc2ccncc2)CC1. The summed E-state index contributed by atoms with van der Waals surface area (Å²) in [6.07, 6.45) is 9.54. The predicted molar refractivity (Wildman–Crippen MR) is 92.3 cm³/mol. The number of hydrogen-bond donors (Lipinski definition) is 0. The molecule has 1 aromatic heterocycles. The maximum absolute atomic E-state index is 12.9. The number of hydrogen-bond acceptors (Lipinski definition) is 3. The van der Waals surface area contributed by atoms with Gasteiger partial charge in [-0.25, -0.2) is 0 Å². The van der Waals surface area contributed by atoms with Gasteiger partial charge in [0, 0.05) is 50.9 Å². The highest BCUT2D eigenvalue weighted by Gasteiger charge is 2.34. The first-order valence-corrected chi connectivity index (χ1v) is 9.10. The topological polar surface area (TPSA) is 53.5 Å². The van der Waals surface area contributed by atoms with Gasteiger partial charge >= 0.3 is 0 Å². The highest BCUT2D eigenvalue weighted by atomic mass is 16.2. The number of aryl methyl sites for hydroxylation is 1. The van der Waals surface area contributed by atoms with Crippen LogP contribution in [0.25, 0.3) is 0 Å². The van der Waals surface area contributed by atoms with Gasteiger partial charge in [-0.1, -0.05) is 0 Å². The number of amides is 2. The molecule has 0 N–H and O–H groups in total. The van der Waals surface area contributed by atoms with Crippen molar-refractivity contribution in [2.75, 3.05) is 19.6 Å². The van der Waals surface area contributed by atoms with Crippen LogP contribution in [0.4, 0.5) is 0 Å². The van der Waals surface area contributed by atoms with E-state index in [2.05, 4.69) is 22.0 Å². The molecule has 0 aliphatic carbocycles. The van der Waals surface area contributed by atoms with Gasteiger partial charge in [-0.05, 0) is 56.2 Å². The Hall–Kier alpha value is -1.91. The fourth-order valence-corrected chi connectivity index (χ4v) is 3.98. The Labute approximate surface area is 144 Å². The molecule has 2 amide bonds. The number of rotatable bonds is 4. The Balaban J connectivity index is 1.53. The van der Waals surface area contributed by atoms with Crippen LogP contribution in [0.15, 0.2) is 24.5 Å². The predicted octanol–water partition coefficient (Wildman–Crippen LogP) is 2.26. The minimum atomic E-state index is 0.0992. The number of piperidine rings is 1. The van der Waals surface area contributed by atoms with Crippen LogP contribution in [-0.4, -0.2) is 52.3 Å². The van der Waals surface area contributed by atoms with Gasteiger partial charge in [0.25, 0.3) is 0 Å². The monoisotopic (exact) mass is 329 g/mol. The van der Waals surface area contributed by atoms with Gasteiger partial charge < -0.3 is 9.80 Å². The molecule has 5 nitrogen and oxygen atoms in total. The van der Waals surface area contributed by atoms with Crippen LogP contribution < -0.4 is 0 Å². The molecule has 3 rings (SSSR count). The smallest absolute Gasteiger partial charge is 0.226 e. The molecule has 2 aliphatic heterocycles. The second-order valence-corrected chi connectivity index (χ2v) is 7.00. The number of carbonyl (C=O) groups excluding carboxylic acids is 2. The first-order valence-electron chi connectivity index (χ1n) is 9.10. The first-order chi connectivity index (χ1) is 11.6. The number of likely N-dealkylation sites (tertiary alicyclic amines) is 2. The van der Waals surface area contributed by atoms with E-state index in [1.54, 1.807) is 6.92 Å². The summed E-state index contributed by atoms with van der Waals surface area (Å²) >= 11 is 0. The van der Waals surface area contributed by atoms with E-state index in [4.69, 9.17) is 0 Å². The van der Waals surface area contributed by atoms with E-state index < -0.39 is 0 Å². The van der Waals surface area contributed by atoms with Crippen molar-refractivity contribution in [3.63, 3.8) is 0 Å². The average Bonchev–Trinajstić information content (AvgIpc) is 3.09. The van der Waals surface area contributed by atoms with Crippen LogP contribution in [0.1, 0.15) is 44.6 Å². The van der Waals surface area contributed by atoms with Crippen molar-refractivity contribution in [1.82, 2.24) is 14.8 Å². The van der Waals surface area contributed by atoms with E-state index in [0.29, 0.717) is 11.9 Å². The van der Waals surface area contributed by atoms with Crippen molar-refractivity contribution in [1.29, 1.82) is 0 Å². The van der Waals surface area contributed by atoms with E-state index in [0.717, 1.165) is 58.2 Å². The third kappa shape index (κ3) is 3.94. The van der Waals surface area contributed by atoms with Crippen LogP contribution in [0.3, 0.4) is 0 Å². The molecular weight excluding hydrogens is 302 g/mol. The second kappa shape index (κ2) is 7.77. The molecule has 3 heterocycles. The van der Waals surface area contributed by atoms with Gasteiger partial charge in [-0.3, -0.25) is 14.6 Å². The lowest BCUT2D eigenvalue weighted by molar-refractivity contribution is -0.140. The number of pyridine rings is 1. The molecule has 2 fully saturated rings. The van der Waals surface area contributed by atoms with Crippen molar-refractivity contribution in [3.05, 3.63) is 30.1 Å². The van der Waals surface area contributed by atoms with E-state index in [9.17, 15) is 9.59 Å². The standard InChI is InChI=1S/C19H27N3O2/c1-15(23)21-13-8-17(9-14-21)19(24)22-12-2-3-18(22)5-4-16-6-10-20-11-7-16/h6-7,10-11,17-18H,2-5,8-9,12-14H2,1H3/t18-/m1/s1. The van der Waals surface area contributed by atoms with E-state index in [1.165, 1.54) is 5.56 Å². The summed E-state index contributed by atoms with van der Waals surface area (Å²) in [5, 5.41) is 0. The van der Waals surface area contributed by atoms with Gasteiger partial charge in [0.05, 0.1) is 0 Å². The third-order valence-electron chi connectivity index (χ3n) is 5.47. The minimum Gasteiger partial charge on any atom is -0.343 e. The zero-order chi connectivity index (χ0) is 16.9. The Morgan fingerprint density at radius 2 is 1.83 bits per heavy atom. The fraction of sp³-hybridized carbons (Fsp3) is 0.632. The molecule has 5 heteroatoms. The van der Waals surface area contributed by atoms with Gasteiger partial charge in [0.15, 0.2) is 0 Å². The molecule has 0 radical (unpaired) electrons. The van der Waals surface area contributed by atoms with Gasteiger partial charge in [0.1, 0.15) is 0 Å². The number of carbonyl (C=O) groups is 2. The molecule has 1 aromatic rings. The van der Waals surface area contributed by atoms with Crippen LogP contribution in [0.5, 0.6) is 0 Å². The Kier molecular flexibility index (Phi) is 5.48. The largest absolute Gasteiger partial charge is 0.343 e. The quantitative estimate of drug-likeness (QED) is 0.851. The number of aromatic nitrogens is 1. The van der Waals surface area contributed by atoms with E-state index >= 15 is 0 Å². The summed E-state index contributed by atoms with van der Waals surface area (Å²) in [6.45, 7) is 3.95. The molecule has 0 bridgehead atoms. The highest BCUT2D eigenvalue weighted by Crippen LogP contribution is 2.27. The van der Waals surface area contributed by atoms with Crippen molar-refractivity contribution in [2.24, 2.45) is 5.92 Å². The van der Waals surface area contributed by atoms with Crippen molar-refractivity contribution in [3.8, 4) is 0 Å². The molecule has 24 heavy (non-hydrogen) atoms. The molecule has 0 unspecified atom stereocenters. The minimum absolute atomic E-state index is 0.0992. The third-order valence-corrected chi connectivity index (χ3v) is 5.47. The van der Waals surface area contributed by atoms with E-state index in [-0.39, 0.29) is 11.8 Å². The van der Waals surface area contributed by atoms with Gasteiger partial charge in [-0.15, -0.1) is 0 Å². The van der Waals surface area contributed by atoms with Gasteiger partial charge in [-0.2, -0.15) is 0 Å². The van der Waals surface area contributed by atoms with Crippen molar-refractivity contribution < 1.29 is 9.59 Å². The lowest BCUT2D eigenvalue weighted by atomic mass is 9.94. The van der Waals surface area contributed by atoms with Crippen LogP contribution in [-0.2, 0) is 16.0 Å². The highest BCUT2D eigenvalue weighted by molar-refractivity contribution is 5.80. The maximum atomic E-state index is 12.9. The molecule has 0 spiro atoms. The van der Waals surface area contributed by atoms with Gasteiger partial charge in [0.2, 0.25) is 11.8 Å². The lowest BCUT2D eigenvalue weighted by Gasteiger charge is -2.34. The summed E-state index contributed by atoms with van der Waals surface area (Å²) in [7, 11) is 0. The molecule has 0 aromatic carbocycles. The summed E-state index contributed by atoms with van der Waals surface area (Å²) in [5.41, 5.74) is 1.29. The van der Waals surface area contributed by atoms with Crippen LogP contribution >= 0.6 is 0 Å². The molecule has 130 valence electrons. The zero-order valence-corrected chi connectivity index (χ0v) is 14.5. The first kappa shape index (κ1) is 16.9. The van der Waals surface area contributed by atoms with Crippen LogP contribution in [0.2, 0.25) is 0 Å². The van der Waals surface area contributed by atoms with Crippen molar-refractivity contribution in [2.45, 2.75) is 51.5 Å². The molecule has 1 atom stereocenters. The van der Waals surface area contributed by atoms with Crippen LogP contribution in [0, 0.1) is 5.92 Å². The normalized spacial score (nSPS) is 22.0. The summed E-state index contributed by atoms with van der Waals surface area (Å²) in [6, 6.07) is 4.48. The Bertz CT molecular complexity index is 567. The Morgan fingerprint density at radius 3 is 2.50 bits per heavy atom. The molecule has 0 saturated carbocycles. The summed E-state index contributed by atoms with van der Waals surface area (Å²) < 4.78 is 0. The second-order valence-electron chi connectivity index (χ2n) is 7.00. The summed E-state index contributed by atoms with van der Waals surface area (Å²) in [4.78, 5) is 32.4. The molecule has 2 aliphatic rings.